The van der Waals surface area contributed by atoms with E-state index in [4.69, 9.17) is 23.8 Å². The maximum atomic E-state index is 12.8. The van der Waals surface area contributed by atoms with Gasteiger partial charge in [-0.2, -0.15) is 0 Å². The minimum Gasteiger partial charge on any atom is -0.462 e. The Morgan fingerprint density at radius 3 is 1.62 bits per heavy atom. The molecule has 0 amide bonds. The first-order chi connectivity index (χ1) is 29.4. The number of hydrogen-bond acceptors (Lipinski definition) is 14. The van der Waals surface area contributed by atoms with Crippen molar-refractivity contribution in [3.05, 3.63) is 36.5 Å². The van der Waals surface area contributed by atoms with Gasteiger partial charge in [-0.1, -0.05) is 140 Å². The summed E-state index contributed by atoms with van der Waals surface area (Å²) >= 11 is 0. The molecular weight excluding hydrogens is 811 g/mol. The molecule has 0 saturated heterocycles. The molecule has 16 heteroatoms. The minimum atomic E-state index is -5.14. The first-order valence-corrected chi connectivity index (χ1v) is 24.6. The molecule has 1 fully saturated rings. The van der Waals surface area contributed by atoms with E-state index < -0.39 is 75.7 Å². The van der Waals surface area contributed by atoms with Gasteiger partial charge in [0.05, 0.1) is 6.61 Å². The zero-order valence-corrected chi connectivity index (χ0v) is 37.9. The Morgan fingerprint density at radius 1 is 0.590 bits per heavy atom. The van der Waals surface area contributed by atoms with Crippen LogP contribution in [0.25, 0.3) is 0 Å². The number of carbonyl (C=O) groups is 2. The van der Waals surface area contributed by atoms with Gasteiger partial charge in [-0.3, -0.25) is 23.9 Å². The van der Waals surface area contributed by atoms with E-state index in [1.807, 2.05) is 18.2 Å². The van der Waals surface area contributed by atoms with Gasteiger partial charge in [0, 0.05) is 12.8 Å². The first-order valence-electron chi connectivity index (χ1n) is 23.1. The van der Waals surface area contributed by atoms with Crippen LogP contribution in [0.3, 0.4) is 0 Å². The quantitative estimate of drug-likeness (QED) is 0.00590. The molecule has 0 bridgehead atoms. The first kappa shape index (κ1) is 57.0. The summed E-state index contributed by atoms with van der Waals surface area (Å²) in [7, 11) is -5.14. The molecule has 0 aromatic heterocycles. The Morgan fingerprint density at radius 2 is 1.07 bits per heavy atom. The van der Waals surface area contributed by atoms with Crippen LogP contribution in [0.5, 0.6) is 0 Å². The van der Waals surface area contributed by atoms with Crippen molar-refractivity contribution in [1.29, 1.82) is 0 Å². The number of ether oxygens (including phenoxy) is 2. The van der Waals surface area contributed by atoms with E-state index in [1.54, 1.807) is 0 Å². The topological polar surface area (TPSA) is 239 Å². The lowest BCUT2D eigenvalue weighted by Crippen LogP contribution is -2.64. The summed E-state index contributed by atoms with van der Waals surface area (Å²) in [5.74, 6) is -1.17. The lowest BCUT2D eigenvalue weighted by Gasteiger charge is -2.41. The van der Waals surface area contributed by atoms with Crippen LogP contribution in [0.1, 0.15) is 174 Å². The number of carbonyl (C=O) groups excluding carboxylic acids is 2. The number of aliphatic hydroxyl groups is 5. The second kappa shape index (κ2) is 36.3. The van der Waals surface area contributed by atoms with Crippen LogP contribution in [0.2, 0.25) is 0 Å². The average Bonchev–Trinajstić information content (AvgIpc) is 3.24. The number of hydrogen-bond donors (Lipinski definition) is 7. The number of esters is 2. The number of rotatable bonds is 38. The molecule has 1 rings (SSSR count). The monoisotopic (exact) mass is 893 g/mol. The van der Waals surface area contributed by atoms with Gasteiger partial charge in [-0.15, -0.1) is 0 Å². The molecule has 15 nitrogen and oxygen atoms in total. The molecule has 7 unspecified atom stereocenters. The molecule has 0 aromatic rings. The van der Waals surface area contributed by atoms with Crippen molar-refractivity contribution in [3.63, 3.8) is 0 Å². The Bertz CT molecular complexity index is 1230. The number of allylic oxidation sites excluding steroid dienone is 5. The summed E-state index contributed by atoms with van der Waals surface area (Å²) in [6, 6.07) is 0. The summed E-state index contributed by atoms with van der Waals surface area (Å²) in [5.41, 5.74) is 0. The molecule has 0 spiro atoms. The average molecular weight is 893 g/mol. The highest BCUT2D eigenvalue weighted by Crippen LogP contribution is 2.47. The third kappa shape index (κ3) is 28.4. The van der Waals surface area contributed by atoms with Crippen LogP contribution in [-0.2, 0) is 37.6 Å². The molecule has 1 aliphatic rings. The number of phosphoric acid groups is 1. The van der Waals surface area contributed by atoms with Crippen molar-refractivity contribution in [2.45, 2.75) is 223 Å². The van der Waals surface area contributed by atoms with E-state index in [9.17, 15) is 44.6 Å². The zero-order chi connectivity index (χ0) is 45.1. The standard InChI is InChI=1S/C45H81O15P/c1-3-5-7-8-9-10-11-12-13-14-15-18-21-24-28-32-38(46)56-34-37(35-57-61(54,55)60-45-43(51)41(49)40(48)42(50)44(45)52)58-39(47)33-29-25-22-19-16-17-20-23-27-31-36(59-53)30-26-6-4-2/h12-13,20,23,27,31,36-37,40-45,48-53H,3-11,14-19,21-22,24-26,28-30,32-35H2,1-2H3,(H,54,55)/b13-12-,23-20-,31-27+. The van der Waals surface area contributed by atoms with Crippen molar-refractivity contribution >= 4 is 19.8 Å². The van der Waals surface area contributed by atoms with Crippen molar-refractivity contribution in [3.8, 4) is 0 Å². The Labute approximate surface area is 365 Å². The van der Waals surface area contributed by atoms with E-state index in [1.165, 1.54) is 38.5 Å². The smallest absolute Gasteiger partial charge is 0.462 e. The predicted octanol–water partition coefficient (Wildman–Crippen LogP) is 8.08. The molecule has 7 atom stereocenters. The number of phosphoric ester groups is 1. The van der Waals surface area contributed by atoms with Crippen LogP contribution in [0.4, 0.5) is 0 Å². The molecule has 0 aliphatic heterocycles. The maximum Gasteiger partial charge on any atom is 0.472 e. The summed E-state index contributed by atoms with van der Waals surface area (Å²) in [5, 5.41) is 59.2. The van der Waals surface area contributed by atoms with Gasteiger partial charge >= 0.3 is 19.8 Å². The van der Waals surface area contributed by atoms with Gasteiger partial charge in [-0.05, 0) is 57.8 Å². The highest BCUT2D eigenvalue weighted by Gasteiger charge is 2.51. The summed E-state index contributed by atoms with van der Waals surface area (Å²) < 4.78 is 33.5. The zero-order valence-electron chi connectivity index (χ0n) is 37.0. The van der Waals surface area contributed by atoms with Crippen LogP contribution in [0, 0.1) is 0 Å². The van der Waals surface area contributed by atoms with E-state index in [-0.39, 0.29) is 18.9 Å². The number of aliphatic hydroxyl groups excluding tert-OH is 5. The Kier molecular flexibility index (Phi) is 34.0. The Balaban J connectivity index is 2.52. The largest absolute Gasteiger partial charge is 0.472 e. The van der Waals surface area contributed by atoms with E-state index in [0.29, 0.717) is 12.8 Å². The SMILES string of the molecule is CCCCCCCC/C=C\CCCCCCCC(=O)OCC(COP(=O)(O)OC1C(O)C(O)C(O)C(O)C1O)OC(=O)CCCCCCC/C=C\C=C\C(CCCCC)OO. The normalized spacial score (nSPS) is 22.8. The predicted molar refractivity (Wildman–Crippen MR) is 233 cm³/mol. The van der Waals surface area contributed by atoms with Crippen LogP contribution in [0.15, 0.2) is 36.5 Å². The van der Waals surface area contributed by atoms with Crippen molar-refractivity contribution in [1.82, 2.24) is 0 Å². The molecule has 1 saturated carbocycles. The van der Waals surface area contributed by atoms with Gasteiger partial charge in [0.15, 0.2) is 6.10 Å². The highest BCUT2D eigenvalue weighted by atomic mass is 31.2. The van der Waals surface area contributed by atoms with Gasteiger partial charge in [0.25, 0.3) is 0 Å². The fraction of sp³-hybridized carbons (Fsp3) is 0.822. The van der Waals surface area contributed by atoms with Crippen molar-refractivity contribution in [2.75, 3.05) is 13.2 Å². The third-order valence-corrected chi connectivity index (χ3v) is 11.7. The second-order valence-electron chi connectivity index (χ2n) is 16.2. The van der Waals surface area contributed by atoms with Crippen LogP contribution < -0.4 is 0 Å². The van der Waals surface area contributed by atoms with E-state index in [2.05, 4.69) is 37.0 Å². The van der Waals surface area contributed by atoms with Crippen LogP contribution >= 0.6 is 7.82 Å². The highest BCUT2D eigenvalue weighted by molar-refractivity contribution is 7.47. The van der Waals surface area contributed by atoms with Crippen LogP contribution in [-0.4, -0.2) is 110 Å². The second-order valence-corrected chi connectivity index (χ2v) is 17.6. The molecule has 1 aliphatic carbocycles. The lowest BCUT2D eigenvalue weighted by molar-refractivity contribution is -0.267. The molecule has 0 aromatic carbocycles. The molecular formula is C45H81O15P. The van der Waals surface area contributed by atoms with Crippen molar-refractivity contribution < 1.29 is 73.2 Å². The van der Waals surface area contributed by atoms with Crippen molar-refractivity contribution in [2.24, 2.45) is 0 Å². The van der Waals surface area contributed by atoms with E-state index >= 15 is 0 Å². The summed E-state index contributed by atoms with van der Waals surface area (Å²) in [6.07, 6.45) is 22.2. The summed E-state index contributed by atoms with van der Waals surface area (Å²) in [4.78, 5) is 40.2. The van der Waals surface area contributed by atoms with E-state index in [0.717, 1.165) is 96.3 Å². The molecule has 7 N–H and O–H groups in total. The molecule has 61 heavy (non-hydrogen) atoms. The maximum absolute atomic E-state index is 12.8. The Hall–Kier alpha value is -2.01. The molecule has 356 valence electrons. The molecule has 0 heterocycles. The fourth-order valence-electron chi connectivity index (χ4n) is 6.85. The van der Waals surface area contributed by atoms with Gasteiger partial charge < -0.3 is 39.9 Å². The lowest BCUT2D eigenvalue weighted by atomic mass is 9.85. The minimum absolute atomic E-state index is 0.0439. The molecule has 0 radical (unpaired) electrons. The van der Waals surface area contributed by atoms with Gasteiger partial charge in [-0.25, -0.2) is 9.45 Å². The fourth-order valence-corrected chi connectivity index (χ4v) is 7.82. The number of unbranched alkanes of at least 4 members (excludes halogenated alkanes) is 18. The van der Waals surface area contributed by atoms with Gasteiger partial charge in [0.2, 0.25) is 0 Å². The van der Waals surface area contributed by atoms with Gasteiger partial charge in [0.1, 0.15) is 49.3 Å². The third-order valence-electron chi connectivity index (χ3n) is 10.7. The summed E-state index contributed by atoms with van der Waals surface area (Å²) in [6.45, 7) is 3.11.